The van der Waals surface area contributed by atoms with Crippen molar-refractivity contribution in [3.63, 3.8) is 0 Å². The molecule has 0 radical (unpaired) electrons. The number of hydrogen-bond acceptors (Lipinski definition) is 11. The summed E-state index contributed by atoms with van der Waals surface area (Å²) in [6.07, 6.45) is 5.19. The Bertz CT molecular complexity index is 2310. The molecule has 1 aromatic heterocycles. The van der Waals surface area contributed by atoms with Crippen LogP contribution in [0, 0.1) is 11.7 Å². The largest absolute Gasteiger partial charge is 0.369 e. The Kier molecular flexibility index (Phi) is 12.9. The van der Waals surface area contributed by atoms with Gasteiger partial charge >= 0.3 is 0 Å². The van der Waals surface area contributed by atoms with Crippen molar-refractivity contribution >= 4 is 58.1 Å². The zero-order valence-corrected chi connectivity index (χ0v) is 33.8. The summed E-state index contributed by atoms with van der Waals surface area (Å²) >= 11 is 0. The van der Waals surface area contributed by atoms with Crippen LogP contribution in [0.3, 0.4) is 0 Å². The van der Waals surface area contributed by atoms with Gasteiger partial charge in [-0.25, -0.2) is 14.4 Å². The van der Waals surface area contributed by atoms with Gasteiger partial charge in [-0.3, -0.25) is 34.8 Å². The van der Waals surface area contributed by atoms with Crippen molar-refractivity contribution in [3.05, 3.63) is 132 Å². The van der Waals surface area contributed by atoms with Crippen LogP contribution in [0.1, 0.15) is 64.3 Å². The number of anilines is 6. The molecule has 5 aromatic rings. The van der Waals surface area contributed by atoms with E-state index in [1.54, 1.807) is 60.7 Å². The number of halogens is 1. The minimum absolute atomic E-state index is 0.0360. The molecule has 1 unspecified atom stereocenters. The third-order valence-corrected chi connectivity index (χ3v) is 11.6. The predicted octanol–water partition coefficient (Wildman–Crippen LogP) is 6.44. The molecule has 5 N–H and O–H groups in total. The first-order chi connectivity index (χ1) is 29.7. The van der Waals surface area contributed by atoms with Gasteiger partial charge in [0.2, 0.25) is 17.8 Å². The number of rotatable bonds is 13. The first kappa shape index (κ1) is 41.0. The van der Waals surface area contributed by atoms with E-state index in [-0.39, 0.29) is 41.3 Å². The number of hydrazine groups is 1. The topological polar surface area (TPSA) is 164 Å². The molecule has 4 aromatic carbocycles. The lowest BCUT2D eigenvalue weighted by atomic mass is 9.90. The van der Waals surface area contributed by atoms with Gasteiger partial charge in [-0.15, -0.1) is 0 Å². The Morgan fingerprint density at radius 1 is 0.721 bits per heavy atom. The van der Waals surface area contributed by atoms with E-state index in [0.29, 0.717) is 46.9 Å². The zero-order valence-electron chi connectivity index (χ0n) is 33.8. The third kappa shape index (κ3) is 10.7. The predicted molar refractivity (Wildman–Crippen MR) is 232 cm³/mol. The number of imide groups is 1. The summed E-state index contributed by atoms with van der Waals surface area (Å²) < 4.78 is 14.7. The van der Waals surface area contributed by atoms with Gasteiger partial charge in [-0.1, -0.05) is 30.3 Å². The van der Waals surface area contributed by atoms with Crippen LogP contribution in [0.15, 0.2) is 109 Å². The lowest BCUT2D eigenvalue weighted by molar-refractivity contribution is -0.134. The lowest BCUT2D eigenvalue weighted by Gasteiger charge is -2.37. The molecule has 0 aliphatic carbocycles. The van der Waals surface area contributed by atoms with E-state index < -0.39 is 5.82 Å². The van der Waals surface area contributed by atoms with Gasteiger partial charge in [-0.2, -0.15) is 4.98 Å². The SMILES string of the molecule is O=C1CCC(c2ccc(N3CCN(CCC4CCN(NC(=O)c5ccc(Nc6ncc(F)c(Nc7ccc(C(=O)Nc8ccccc8)cc7)n6)cc5)CC4)CC3)cc2)C(=O)N1. The van der Waals surface area contributed by atoms with E-state index in [9.17, 15) is 23.6 Å². The maximum Gasteiger partial charge on any atom is 0.265 e. The zero-order chi connectivity index (χ0) is 42.1. The number of carbonyl (C=O) groups excluding carboxylic acids is 4. The summed E-state index contributed by atoms with van der Waals surface area (Å²) in [5.41, 5.74) is 8.01. The number of para-hydroxylation sites is 1. The Labute approximate surface area is 353 Å². The van der Waals surface area contributed by atoms with Gasteiger partial charge in [0.25, 0.3) is 11.8 Å². The average Bonchev–Trinajstić information content (AvgIpc) is 3.28. The van der Waals surface area contributed by atoms with Gasteiger partial charge in [0.1, 0.15) is 0 Å². The summed E-state index contributed by atoms with van der Waals surface area (Å²) in [7, 11) is 0. The smallest absolute Gasteiger partial charge is 0.265 e. The van der Waals surface area contributed by atoms with Gasteiger partial charge < -0.3 is 20.9 Å². The van der Waals surface area contributed by atoms with Crippen LogP contribution in [-0.4, -0.2) is 89.3 Å². The number of aromatic nitrogens is 2. The summed E-state index contributed by atoms with van der Waals surface area (Å²) in [6, 6.07) is 30.9. The van der Waals surface area contributed by atoms with Crippen molar-refractivity contribution in [3.8, 4) is 0 Å². The van der Waals surface area contributed by atoms with E-state index in [0.717, 1.165) is 82.5 Å². The molecule has 4 heterocycles. The number of piperazine rings is 1. The van der Waals surface area contributed by atoms with Gasteiger partial charge in [0.15, 0.2) is 11.6 Å². The van der Waals surface area contributed by atoms with Crippen molar-refractivity contribution in [1.82, 2.24) is 30.6 Å². The molecule has 3 fully saturated rings. The van der Waals surface area contributed by atoms with Crippen molar-refractivity contribution < 1.29 is 23.6 Å². The van der Waals surface area contributed by atoms with Crippen LogP contribution in [-0.2, 0) is 9.59 Å². The normalized spacial score (nSPS) is 17.7. The van der Waals surface area contributed by atoms with Crippen molar-refractivity contribution in [2.45, 2.75) is 38.0 Å². The van der Waals surface area contributed by atoms with Gasteiger partial charge in [0.05, 0.1) is 12.1 Å². The van der Waals surface area contributed by atoms with Crippen molar-refractivity contribution in [2.75, 3.05) is 66.7 Å². The second kappa shape index (κ2) is 19.1. The van der Waals surface area contributed by atoms with Crippen LogP contribution in [0.25, 0.3) is 0 Å². The minimum atomic E-state index is -0.642. The molecule has 0 bridgehead atoms. The number of piperidine rings is 2. The molecule has 1 atom stereocenters. The molecule has 314 valence electrons. The Morgan fingerprint density at radius 2 is 1.38 bits per heavy atom. The molecule has 15 heteroatoms. The van der Waals surface area contributed by atoms with Crippen LogP contribution in [0.4, 0.5) is 38.9 Å². The highest BCUT2D eigenvalue weighted by atomic mass is 19.1. The number of amides is 4. The molecular formula is C46H49FN10O4. The monoisotopic (exact) mass is 824 g/mol. The van der Waals surface area contributed by atoms with E-state index in [1.807, 2.05) is 35.3 Å². The number of hydrogen-bond donors (Lipinski definition) is 5. The second-order valence-corrected chi connectivity index (χ2v) is 15.7. The van der Waals surface area contributed by atoms with Crippen LogP contribution in [0.5, 0.6) is 0 Å². The Hall–Kier alpha value is -6.71. The quantitative estimate of drug-likeness (QED) is 0.0831. The third-order valence-electron chi connectivity index (χ3n) is 11.6. The van der Waals surface area contributed by atoms with Gasteiger partial charge in [0, 0.05) is 79.6 Å². The molecular weight excluding hydrogens is 776 g/mol. The summed E-state index contributed by atoms with van der Waals surface area (Å²) in [6.45, 7) is 6.56. The maximum atomic E-state index is 14.7. The van der Waals surface area contributed by atoms with Crippen molar-refractivity contribution in [1.29, 1.82) is 0 Å². The Balaban J connectivity index is 0.737. The maximum absolute atomic E-state index is 14.7. The molecule has 3 aliphatic heterocycles. The molecule has 14 nitrogen and oxygen atoms in total. The summed E-state index contributed by atoms with van der Waals surface area (Å²) in [4.78, 5) is 62.8. The first-order valence-corrected chi connectivity index (χ1v) is 20.8. The molecule has 0 spiro atoms. The summed E-state index contributed by atoms with van der Waals surface area (Å²) in [5, 5.41) is 13.3. The lowest BCUT2D eigenvalue weighted by Crippen LogP contribution is -2.48. The highest BCUT2D eigenvalue weighted by Crippen LogP contribution is 2.28. The molecule has 3 aliphatic rings. The minimum Gasteiger partial charge on any atom is -0.369 e. The number of carbonyl (C=O) groups is 4. The first-order valence-electron chi connectivity index (χ1n) is 20.8. The van der Waals surface area contributed by atoms with Crippen molar-refractivity contribution in [2.24, 2.45) is 5.92 Å². The van der Waals surface area contributed by atoms with Gasteiger partial charge in [-0.05, 0) is 117 Å². The number of benzene rings is 4. The number of nitrogens with one attached hydrogen (secondary N) is 5. The Morgan fingerprint density at radius 3 is 2.05 bits per heavy atom. The molecule has 8 rings (SSSR count). The molecule has 0 saturated carbocycles. The fraction of sp³-hybridized carbons (Fsp3) is 0.304. The second-order valence-electron chi connectivity index (χ2n) is 15.7. The molecule has 3 saturated heterocycles. The van der Waals surface area contributed by atoms with Crippen LogP contribution in [0.2, 0.25) is 0 Å². The van der Waals surface area contributed by atoms with Crippen LogP contribution >= 0.6 is 0 Å². The highest BCUT2D eigenvalue weighted by molar-refractivity contribution is 6.04. The fourth-order valence-corrected chi connectivity index (χ4v) is 7.98. The standard InChI is InChI=1S/C46H49FN10O4/c47-40-30-48-46(53-42(40)49-36-12-6-33(7-13-36)43(59)50-35-4-2-1-3-5-35)51-37-14-8-34(9-15-37)44(60)54-57-24-21-31(22-25-57)20-23-55-26-28-56(29-27-55)38-16-10-32(11-17-38)39-18-19-41(58)52-45(39)61/h1-17,30-31,39H,18-29H2,(H,50,59)(H,54,60)(H,52,58,61)(H2,48,49,51,53). The van der Waals surface area contributed by atoms with E-state index >= 15 is 0 Å². The van der Waals surface area contributed by atoms with E-state index in [1.165, 1.54) is 0 Å². The fourth-order valence-electron chi connectivity index (χ4n) is 7.98. The average molecular weight is 825 g/mol. The summed E-state index contributed by atoms with van der Waals surface area (Å²) in [5.74, 6) is -0.995. The number of nitrogens with zero attached hydrogens (tertiary/aromatic N) is 5. The molecule has 4 amide bonds. The van der Waals surface area contributed by atoms with E-state index in [4.69, 9.17) is 0 Å². The molecule has 61 heavy (non-hydrogen) atoms. The van der Waals surface area contributed by atoms with Crippen LogP contribution < -0.4 is 31.6 Å². The van der Waals surface area contributed by atoms with E-state index in [2.05, 4.69) is 58.6 Å². The highest BCUT2D eigenvalue weighted by Gasteiger charge is 2.28.